The maximum Gasteiger partial charge on any atom is 0.161 e. The first-order valence-electron chi connectivity index (χ1n) is 8.11. The van der Waals surface area contributed by atoms with Crippen LogP contribution in [0.5, 0.6) is 11.5 Å². The van der Waals surface area contributed by atoms with E-state index in [0.717, 1.165) is 37.2 Å². The fourth-order valence-corrected chi connectivity index (χ4v) is 3.01. The second kappa shape index (κ2) is 8.06. The third-order valence-corrected chi connectivity index (χ3v) is 4.32. The van der Waals surface area contributed by atoms with Gasteiger partial charge in [-0.05, 0) is 44.2 Å². The lowest BCUT2D eigenvalue weighted by atomic mass is 9.78. The number of rotatable bonds is 7. The average Bonchev–Trinajstić information content (AvgIpc) is 2.51. The van der Waals surface area contributed by atoms with Gasteiger partial charge in [-0.15, -0.1) is 0 Å². The Morgan fingerprint density at radius 2 is 1.86 bits per heavy atom. The van der Waals surface area contributed by atoms with E-state index in [9.17, 15) is 4.79 Å². The van der Waals surface area contributed by atoms with Crippen molar-refractivity contribution in [3.8, 4) is 11.5 Å². The SMILES string of the molecule is CCOc1ccccc1OCCC1CC(CC)CCC1=O. The first-order chi connectivity index (χ1) is 10.2. The van der Waals surface area contributed by atoms with E-state index in [-0.39, 0.29) is 5.92 Å². The fourth-order valence-electron chi connectivity index (χ4n) is 3.01. The van der Waals surface area contributed by atoms with E-state index in [2.05, 4.69) is 6.92 Å². The highest BCUT2D eigenvalue weighted by molar-refractivity contribution is 5.81. The zero-order valence-electron chi connectivity index (χ0n) is 13.1. The number of ether oxygens (including phenoxy) is 2. The predicted molar refractivity (Wildman–Crippen MR) is 83.9 cm³/mol. The molecule has 1 aromatic rings. The first kappa shape index (κ1) is 15.9. The molecule has 0 amide bonds. The van der Waals surface area contributed by atoms with E-state index in [1.165, 1.54) is 6.42 Å². The number of Topliss-reactive ketones (excluding diaryl/α,β-unsaturated/α-hetero) is 1. The van der Waals surface area contributed by atoms with Gasteiger partial charge >= 0.3 is 0 Å². The Kier molecular flexibility index (Phi) is 6.09. The Morgan fingerprint density at radius 1 is 1.14 bits per heavy atom. The second-order valence-electron chi connectivity index (χ2n) is 5.73. The quantitative estimate of drug-likeness (QED) is 0.753. The molecule has 0 aromatic heterocycles. The summed E-state index contributed by atoms with van der Waals surface area (Å²) >= 11 is 0. The fraction of sp³-hybridized carbons (Fsp3) is 0.611. The van der Waals surface area contributed by atoms with Gasteiger partial charge < -0.3 is 9.47 Å². The minimum absolute atomic E-state index is 0.183. The van der Waals surface area contributed by atoms with Crippen molar-refractivity contribution >= 4 is 5.78 Å². The molecule has 1 aromatic carbocycles. The third-order valence-electron chi connectivity index (χ3n) is 4.32. The highest BCUT2D eigenvalue weighted by atomic mass is 16.5. The van der Waals surface area contributed by atoms with Crippen LogP contribution in [0.15, 0.2) is 24.3 Å². The van der Waals surface area contributed by atoms with Gasteiger partial charge in [0.1, 0.15) is 5.78 Å². The summed E-state index contributed by atoms with van der Waals surface area (Å²) in [5.41, 5.74) is 0. The molecule has 21 heavy (non-hydrogen) atoms. The Morgan fingerprint density at radius 3 is 2.52 bits per heavy atom. The van der Waals surface area contributed by atoms with Crippen LogP contribution in [0.25, 0.3) is 0 Å². The summed E-state index contributed by atoms with van der Waals surface area (Å²) in [6, 6.07) is 7.71. The van der Waals surface area contributed by atoms with Crippen molar-refractivity contribution in [3.63, 3.8) is 0 Å². The molecule has 3 nitrogen and oxygen atoms in total. The number of hydrogen-bond acceptors (Lipinski definition) is 3. The Hall–Kier alpha value is -1.51. The molecule has 0 heterocycles. The van der Waals surface area contributed by atoms with Gasteiger partial charge in [-0.3, -0.25) is 4.79 Å². The summed E-state index contributed by atoms with van der Waals surface area (Å²) in [5, 5.41) is 0. The van der Waals surface area contributed by atoms with Crippen molar-refractivity contribution < 1.29 is 14.3 Å². The average molecular weight is 290 g/mol. The normalized spacial score (nSPS) is 22.1. The predicted octanol–water partition coefficient (Wildman–Crippen LogP) is 4.25. The molecular weight excluding hydrogens is 264 g/mol. The minimum atomic E-state index is 0.183. The summed E-state index contributed by atoms with van der Waals surface area (Å²) in [5.74, 6) is 2.86. The van der Waals surface area contributed by atoms with Gasteiger partial charge in [0, 0.05) is 12.3 Å². The molecule has 0 radical (unpaired) electrons. The van der Waals surface area contributed by atoms with E-state index in [1.807, 2.05) is 31.2 Å². The van der Waals surface area contributed by atoms with Crippen LogP contribution in [0.4, 0.5) is 0 Å². The summed E-state index contributed by atoms with van der Waals surface area (Å²) in [6.45, 7) is 5.38. The molecule has 0 saturated heterocycles. The highest BCUT2D eigenvalue weighted by Gasteiger charge is 2.27. The molecule has 1 aliphatic carbocycles. The number of carbonyl (C=O) groups excluding carboxylic acids is 1. The summed E-state index contributed by atoms with van der Waals surface area (Å²) < 4.78 is 11.4. The Bertz CT molecular complexity index is 456. The van der Waals surface area contributed by atoms with Crippen LogP contribution in [-0.2, 0) is 4.79 Å². The van der Waals surface area contributed by atoms with E-state index in [4.69, 9.17) is 9.47 Å². The molecule has 1 fully saturated rings. The molecule has 0 spiro atoms. The lowest BCUT2D eigenvalue weighted by molar-refractivity contribution is -0.126. The van der Waals surface area contributed by atoms with Gasteiger partial charge in [0.25, 0.3) is 0 Å². The lowest BCUT2D eigenvalue weighted by Crippen LogP contribution is -2.26. The largest absolute Gasteiger partial charge is 0.490 e. The van der Waals surface area contributed by atoms with Crippen molar-refractivity contribution in [3.05, 3.63) is 24.3 Å². The number of benzene rings is 1. The van der Waals surface area contributed by atoms with Crippen LogP contribution in [0, 0.1) is 11.8 Å². The van der Waals surface area contributed by atoms with E-state index < -0.39 is 0 Å². The van der Waals surface area contributed by atoms with E-state index in [1.54, 1.807) is 0 Å². The van der Waals surface area contributed by atoms with Gasteiger partial charge in [0.15, 0.2) is 11.5 Å². The highest BCUT2D eigenvalue weighted by Crippen LogP contribution is 2.31. The second-order valence-corrected chi connectivity index (χ2v) is 5.73. The van der Waals surface area contributed by atoms with Crippen molar-refractivity contribution in [1.82, 2.24) is 0 Å². The first-order valence-corrected chi connectivity index (χ1v) is 8.11. The maximum absolute atomic E-state index is 12.0. The molecule has 2 rings (SSSR count). The minimum Gasteiger partial charge on any atom is -0.490 e. The van der Waals surface area contributed by atoms with Crippen LogP contribution in [0.2, 0.25) is 0 Å². The zero-order valence-corrected chi connectivity index (χ0v) is 13.1. The van der Waals surface area contributed by atoms with Crippen LogP contribution in [0.3, 0.4) is 0 Å². The molecule has 0 N–H and O–H groups in total. The monoisotopic (exact) mass is 290 g/mol. The number of hydrogen-bond donors (Lipinski definition) is 0. The molecule has 2 atom stereocenters. The van der Waals surface area contributed by atoms with Gasteiger partial charge in [0.2, 0.25) is 0 Å². The van der Waals surface area contributed by atoms with Crippen molar-refractivity contribution in [2.24, 2.45) is 11.8 Å². The summed E-state index contributed by atoms with van der Waals surface area (Å²) in [6.07, 6.45) is 4.85. The van der Waals surface area contributed by atoms with Crippen molar-refractivity contribution in [2.75, 3.05) is 13.2 Å². The summed E-state index contributed by atoms with van der Waals surface area (Å²) in [7, 11) is 0. The zero-order chi connectivity index (χ0) is 15.1. The standard InChI is InChI=1S/C18H26O3/c1-3-14-9-10-16(19)15(13-14)11-12-21-18-8-6-5-7-17(18)20-4-2/h5-8,14-15H,3-4,9-13H2,1-2H3. The topological polar surface area (TPSA) is 35.5 Å². The molecule has 116 valence electrons. The van der Waals surface area contributed by atoms with Gasteiger partial charge in [-0.1, -0.05) is 25.5 Å². The molecular formula is C18H26O3. The van der Waals surface area contributed by atoms with E-state index in [0.29, 0.717) is 24.9 Å². The maximum atomic E-state index is 12.0. The van der Waals surface area contributed by atoms with E-state index >= 15 is 0 Å². The number of carbonyl (C=O) groups is 1. The molecule has 3 heteroatoms. The third kappa shape index (κ3) is 4.48. The van der Waals surface area contributed by atoms with Gasteiger partial charge in [-0.25, -0.2) is 0 Å². The van der Waals surface area contributed by atoms with Crippen LogP contribution < -0.4 is 9.47 Å². The van der Waals surface area contributed by atoms with Gasteiger partial charge in [0.05, 0.1) is 13.2 Å². The Labute approximate surface area is 127 Å². The molecule has 0 aliphatic heterocycles. The molecule has 0 bridgehead atoms. The lowest BCUT2D eigenvalue weighted by Gasteiger charge is -2.27. The summed E-state index contributed by atoms with van der Waals surface area (Å²) in [4.78, 5) is 12.0. The number of ketones is 1. The van der Waals surface area contributed by atoms with Crippen LogP contribution in [0.1, 0.15) is 46.0 Å². The Balaban J connectivity index is 1.84. The van der Waals surface area contributed by atoms with Crippen molar-refractivity contribution in [1.29, 1.82) is 0 Å². The number of para-hydroxylation sites is 2. The van der Waals surface area contributed by atoms with Crippen molar-refractivity contribution in [2.45, 2.75) is 46.0 Å². The molecule has 1 aliphatic rings. The molecule has 2 unspecified atom stereocenters. The molecule has 1 saturated carbocycles. The van der Waals surface area contributed by atoms with Crippen LogP contribution >= 0.6 is 0 Å². The van der Waals surface area contributed by atoms with Crippen LogP contribution in [-0.4, -0.2) is 19.0 Å². The van der Waals surface area contributed by atoms with Gasteiger partial charge in [-0.2, -0.15) is 0 Å². The smallest absolute Gasteiger partial charge is 0.161 e.